The molecule has 0 aliphatic carbocycles. The van der Waals surface area contributed by atoms with Crippen LogP contribution in [0.4, 0.5) is 0 Å². The van der Waals surface area contributed by atoms with Crippen LogP contribution < -0.4 is 5.43 Å². The van der Waals surface area contributed by atoms with Gasteiger partial charge in [0.2, 0.25) is 0 Å². The van der Waals surface area contributed by atoms with Gasteiger partial charge in [-0.2, -0.15) is 0 Å². The van der Waals surface area contributed by atoms with Gasteiger partial charge < -0.3 is 4.98 Å². The molecule has 126 valence electrons. The Hall–Kier alpha value is -1.95. The van der Waals surface area contributed by atoms with E-state index in [4.69, 9.17) is 0 Å². The number of H-pyrrole nitrogens is 1. The number of benzene rings is 3. The van der Waals surface area contributed by atoms with E-state index >= 15 is 0 Å². The number of nitrogens with one attached hydrogen (secondary N) is 1. The lowest BCUT2D eigenvalue weighted by molar-refractivity contribution is 1.53. The first kappa shape index (κ1) is 16.2. The molecule has 0 aliphatic rings. The zero-order valence-corrected chi connectivity index (χ0v) is 17.3. The molecule has 3 aromatic carbocycles. The fourth-order valence-electron chi connectivity index (χ4n) is 3.44. The molecule has 0 aliphatic heterocycles. The molecular formula is C21H11Br2NOS. The van der Waals surface area contributed by atoms with Gasteiger partial charge in [-0.15, -0.1) is 11.3 Å². The molecule has 0 saturated heterocycles. The maximum Gasteiger partial charge on any atom is 0.197 e. The Morgan fingerprint density at radius 3 is 2.54 bits per heavy atom. The summed E-state index contributed by atoms with van der Waals surface area (Å²) in [5, 5.41) is 4.99. The van der Waals surface area contributed by atoms with Gasteiger partial charge in [0.15, 0.2) is 5.43 Å². The zero-order valence-electron chi connectivity index (χ0n) is 13.3. The average Bonchev–Trinajstić information content (AvgIpc) is 3.04. The second-order valence-electron chi connectivity index (χ2n) is 6.11. The summed E-state index contributed by atoms with van der Waals surface area (Å²) in [4.78, 5) is 16.8. The van der Waals surface area contributed by atoms with Gasteiger partial charge in [0.1, 0.15) is 0 Å². The second-order valence-corrected chi connectivity index (χ2v) is 8.67. The Bertz CT molecular complexity index is 1380. The van der Waals surface area contributed by atoms with Gasteiger partial charge in [0.05, 0.1) is 10.9 Å². The van der Waals surface area contributed by atoms with Crippen molar-refractivity contribution in [2.45, 2.75) is 0 Å². The molecule has 0 spiro atoms. The van der Waals surface area contributed by atoms with Gasteiger partial charge in [-0.1, -0.05) is 36.4 Å². The first-order valence-corrected chi connectivity index (χ1v) is 10.5. The highest BCUT2D eigenvalue weighted by atomic mass is 79.9. The molecule has 0 unspecified atom stereocenters. The summed E-state index contributed by atoms with van der Waals surface area (Å²) in [5.41, 5.74) is 3.78. The molecule has 0 saturated carbocycles. The molecule has 1 N–H and O–H groups in total. The second kappa shape index (κ2) is 6.05. The van der Waals surface area contributed by atoms with Gasteiger partial charge >= 0.3 is 0 Å². The summed E-state index contributed by atoms with van der Waals surface area (Å²) in [5.74, 6) is 0. The highest BCUT2D eigenvalue weighted by Crippen LogP contribution is 2.36. The van der Waals surface area contributed by atoms with Crippen molar-refractivity contribution < 1.29 is 0 Å². The molecule has 2 heterocycles. The maximum absolute atomic E-state index is 13.3. The standard InChI is InChI=1S/C21H11Br2NOS/c22-15-8-9-17-18(19(15)23)21(25)14(10-26-17)13-6-3-5-12-11-4-1-2-7-16(11)24-20(12)13/h1-10,24H. The average molecular weight is 485 g/mol. The molecule has 5 rings (SSSR count). The van der Waals surface area contributed by atoms with E-state index in [1.54, 1.807) is 11.3 Å². The van der Waals surface area contributed by atoms with Gasteiger partial charge in [-0.05, 0) is 50.1 Å². The van der Waals surface area contributed by atoms with E-state index in [1.807, 2.05) is 41.8 Å². The van der Waals surface area contributed by atoms with E-state index in [2.05, 4.69) is 55.0 Å². The summed E-state index contributed by atoms with van der Waals surface area (Å²) in [6.07, 6.45) is 0. The Kier molecular flexibility index (Phi) is 3.78. The molecule has 2 aromatic heterocycles. The van der Waals surface area contributed by atoms with Crippen molar-refractivity contribution in [1.82, 2.24) is 4.98 Å². The van der Waals surface area contributed by atoms with Crippen LogP contribution in [0.3, 0.4) is 0 Å². The minimum Gasteiger partial charge on any atom is -0.354 e. The topological polar surface area (TPSA) is 32.9 Å². The van der Waals surface area contributed by atoms with E-state index in [-0.39, 0.29) is 5.43 Å². The van der Waals surface area contributed by atoms with E-state index in [0.29, 0.717) is 0 Å². The van der Waals surface area contributed by atoms with Crippen LogP contribution in [-0.4, -0.2) is 4.98 Å². The maximum atomic E-state index is 13.3. The first-order chi connectivity index (χ1) is 12.6. The summed E-state index contributed by atoms with van der Waals surface area (Å²) in [6, 6.07) is 18.3. The molecule has 0 radical (unpaired) electrons. The van der Waals surface area contributed by atoms with Crippen molar-refractivity contribution in [3.05, 3.63) is 79.1 Å². The van der Waals surface area contributed by atoms with Crippen molar-refractivity contribution in [1.29, 1.82) is 0 Å². The Morgan fingerprint density at radius 2 is 1.65 bits per heavy atom. The Morgan fingerprint density at radius 1 is 0.846 bits per heavy atom. The third-order valence-electron chi connectivity index (χ3n) is 4.66. The number of rotatable bonds is 1. The lowest BCUT2D eigenvalue weighted by Crippen LogP contribution is -2.05. The van der Waals surface area contributed by atoms with Crippen molar-refractivity contribution >= 4 is 75.1 Å². The highest BCUT2D eigenvalue weighted by molar-refractivity contribution is 9.13. The number of fused-ring (bicyclic) bond motifs is 4. The predicted molar refractivity (Wildman–Crippen MR) is 118 cm³/mol. The van der Waals surface area contributed by atoms with Crippen LogP contribution in [0.25, 0.3) is 43.0 Å². The number of hydrogen-bond acceptors (Lipinski definition) is 2. The zero-order chi connectivity index (χ0) is 17.8. The molecular weight excluding hydrogens is 474 g/mol. The molecule has 0 amide bonds. The van der Waals surface area contributed by atoms with Crippen LogP contribution in [0.5, 0.6) is 0 Å². The third kappa shape index (κ3) is 2.31. The molecule has 0 fully saturated rings. The predicted octanol–water partition coefficient (Wildman–Crippen LogP) is 7.09. The fraction of sp³-hybridized carbons (Fsp3) is 0. The number of aromatic amines is 1. The van der Waals surface area contributed by atoms with E-state index in [9.17, 15) is 4.79 Å². The fourth-order valence-corrected chi connectivity index (χ4v) is 5.36. The minimum absolute atomic E-state index is 0.0399. The number of halogens is 2. The van der Waals surface area contributed by atoms with Gasteiger partial charge in [0.25, 0.3) is 0 Å². The van der Waals surface area contributed by atoms with E-state index in [1.165, 1.54) is 5.39 Å². The van der Waals surface area contributed by atoms with Crippen LogP contribution in [-0.2, 0) is 0 Å². The number of hydrogen-bond donors (Lipinski definition) is 1. The summed E-state index contributed by atoms with van der Waals surface area (Å²) in [6.45, 7) is 0. The normalized spacial score (nSPS) is 11.6. The Labute approximate surface area is 169 Å². The molecule has 5 aromatic rings. The molecule has 0 atom stereocenters. The number of para-hydroxylation sites is 2. The van der Waals surface area contributed by atoms with Crippen LogP contribution in [0.2, 0.25) is 0 Å². The molecule has 0 bridgehead atoms. The van der Waals surface area contributed by atoms with Crippen molar-refractivity contribution in [3.63, 3.8) is 0 Å². The van der Waals surface area contributed by atoms with E-state index < -0.39 is 0 Å². The monoisotopic (exact) mass is 483 g/mol. The Balaban J connectivity index is 1.90. The minimum atomic E-state index is 0.0399. The molecule has 2 nitrogen and oxygen atoms in total. The first-order valence-electron chi connectivity index (χ1n) is 8.04. The molecule has 5 heteroatoms. The molecule has 26 heavy (non-hydrogen) atoms. The van der Waals surface area contributed by atoms with Crippen LogP contribution in [0, 0.1) is 0 Å². The third-order valence-corrected chi connectivity index (χ3v) is 7.63. The van der Waals surface area contributed by atoms with Crippen molar-refractivity contribution in [2.75, 3.05) is 0 Å². The van der Waals surface area contributed by atoms with Gasteiger partial charge in [-0.25, -0.2) is 0 Å². The van der Waals surface area contributed by atoms with Crippen LogP contribution in [0.1, 0.15) is 0 Å². The van der Waals surface area contributed by atoms with E-state index in [0.717, 1.165) is 46.6 Å². The lowest BCUT2D eigenvalue weighted by Gasteiger charge is -2.07. The highest BCUT2D eigenvalue weighted by Gasteiger charge is 2.15. The smallest absolute Gasteiger partial charge is 0.197 e. The lowest BCUT2D eigenvalue weighted by atomic mass is 10.0. The number of aromatic nitrogens is 1. The SMILES string of the molecule is O=c1c(-c2cccc3c2[nH]c2ccccc23)csc2ccc(Br)c(Br)c12. The summed E-state index contributed by atoms with van der Waals surface area (Å²) in [7, 11) is 0. The van der Waals surface area contributed by atoms with Gasteiger partial charge in [-0.3, -0.25) is 4.79 Å². The van der Waals surface area contributed by atoms with Crippen LogP contribution >= 0.6 is 43.2 Å². The van der Waals surface area contributed by atoms with Crippen LogP contribution in [0.15, 0.2) is 73.7 Å². The quantitative estimate of drug-likeness (QED) is 0.270. The summed E-state index contributed by atoms with van der Waals surface area (Å²) >= 11 is 8.66. The summed E-state index contributed by atoms with van der Waals surface area (Å²) < 4.78 is 2.66. The van der Waals surface area contributed by atoms with Gasteiger partial charge in [0, 0.05) is 46.4 Å². The van der Waals surface area contributed by atoms with Crippen molar-refractivity contribution in [3.8, 4) is 11.1 Å². The largest absolute Gasteiger partial charge is 0.354 e. The van der Waals surface area contributed by atoms with Crippen molar-refractivity contribution in [2.24, 2.45) is 0 Å².